The number of halogens is 1. The van der Waals surface area contributed by atoms with Crippen LogP contribution in [0.3, 0.4) is 0 Å². The molecule has 0 aromatic heterocycles. The maximum Gasteiger partial charge on any atom is 0.224 e. The average Bonchev–Trinajstić information content (AvgIpc) is 2.18. The van der Waals surface area contributed by atoms with E-state index in [1.807, 2.05) is 24.3 Å². The second kappa shape index (κ2) is 6.79. The summed E-state index contributed by atoms with van der Waals surface area (Å²) in [6.07, 6.45) is 2.30. The van der Waals surface area contributed by atoms with Crippen molar-refractivity contribution in [3.63, 3.8) is 0 Å². The molecule has 0 saturated carbocycles. The molecule has 0 aliphatic rings. The van der Waals surface area contributed by atoms with E-state index in [4.69, 9.17) is 5.73 Å². The second-order valence-corrected chi connectivity index (χ2v) is 4.55. The number of unbranched alkanes of at least 4 members (excludes halogenated alkanes) is 1. The quantitative estimate of drug-likeness (QED) is 0.647. The predicted octanol–water partition coefficient (Wildman–Crippen LogP) is 2.36. The highest BCUT2D eigenvalue weighted by molar-refractivity contribution is 14.1. The van der Waals surface area contributed by atoms with Crippen molar-refractivity contribution in [3.8, 4) is 0 Å². The van der Waals surface area contributed by atoms with Gasteiger partial charge in [-0.3, -0.25) is 4.79 Å². The molecular weight excluding hydrogens is 303 g/mol. The minimum Gasteiger partial charge on any atom is -0.330 e. The first-order valence-corrected chi connectivity index (χ1v) is 6.06. The summed E-state index contributed by atoms with van der Waals surface area (Å²) in [6, 6.07) is 7.76. The number of anilines is 1. The maximum absolute atomic E-state index is 11.4. The molecule has 0 aliphatic heterocycles. The fourth-order valence-corrected chi connectivity index (χ4v) is 1.76. The number of nitrogens with two attached hydrogens (primary N) is 1. The van der Waals surface area contributed by atoms with Gasteiger partial charge in [-0.05, 0) is 60.2 Å². The molecule has 0 fully saturated rings. The van der Waals surface area contributed by atoms with Gasteiger partial charge in [-0.25, -0.2) is 0 Å². The Labute approximate surface area is 104 Å². The highest BCUT2D eigenvalue weighted by Gasteiger charge is 2.01. The van der Waals surface area contributed by atoms with Crippen LogP contribution in [0.4, 0.5) is 5.69 Å². The number of nitrogens with one attached hydrogen (secondary N) is 1. The third-order valence-electron chi connectivity index (χ3n) is 1.97. The fraction of sp³-hybridized carbons (Fsp3) is 0.364. The number of carbonyl (C=O) groups is 1. The molecule has 1 amide bonds. The summed E-state index contributed by atoms with van der Waals surface area (Å²) in [7, 11) is 0. The summed E-state index contributed by atoms with van der Waals surface area (Å²) in [4.78, 5) is 11.4. The van der Waals surface area contributed by atoms with Crippen molar-refractivity contribution in [2.45, 2.75) is 19.3 Å². The van der Waals surface area contributed by atoms with Crippen LogP contribution in [0.5, 0.6) is 0 Å². The average molecular weight is 318 g/mol. The van der Waals surface area contributed by atoms with Crippen LogP contribution >= 0.6 is 22.6 Å². The van der Waals surface area contributed by atoms with Crippen molar-refractivity contribution < 1.29 is 4.79 Å². The SMILES string of the molecule is NCCCCC(=O)Nc1cccc(I)c1. The summed E-state index contributed by atoms with van der Waals surface area (Å²) >= 11 is 2.22. The van der Waals surface area contributed by atoms with Crippen molar-refractivity contribution >= 4 is 34.2 Å². The Balaban J connectivity index is 2.37. The first-order valence-electron chi connectivity index (χ1n) is 4.98. The van der Waals surface area contributed by atoms with Crippen LogP contribution in [-0.4, -0.2) is 12.5 Å². The van der Waals surface area contributed by atoms with Crippen LogP contribution in [0.1, 0.15) is 19.3 Å². The van der Waals surface area contributed by atoms with Crippen LogP contribution in [0.15, 0.2) is 24.3 Å². The summed E-state index contributed by atoms with van der Waals surface area (Å²) in [5, 5.41) is 2.86. The lowest BCUT2D eigenvalue weighted by molar-refractivity contribution is -0.116. The minimum atomic E-state index is 0.0606. The molecule has 3 N–H and O–H groups in total. The van der Waals surface area contributed by atoms with Crippen LogP contribution in [0.2, 0.25) is 0 Å². The normalized spacial score (nSPS) is 10.0. The molecular formula is C11H15IN2O. The molecule has 0 atom stereocenters. The van der Waals surface area contributed by atoms with E-state index in [2.05, 4.69) is 27.9 Å². The van der Waals surface area contributed by atoms with E-state index in [1.54, 1.807) is 0 Å². The summed E-state index contributed by atoms with van der Waals surface area (Å²) < 4.78 is 1.12. The van der Waals surface area contributed by atoms with E-state index in [1.165, 1.54) is 0 Å². The number of rotatable bonds is 5. The molecule has 1 rings (SSSR count). The van der Waals surface area contributed by atoms with E-state index in [-0.39, 0.29) is 5.91 Å². The predicted molar refractivity (Wildman–Crippen MR) is 70.7 cm³/mol. The van der Waals surface area contributed by atoms with Crippen LogP contribution in [0, 0.1) is 3.57 Å². The molecule has 0 aliphatic carbocycles. The van der Waals surface area contributed by atoms with Gasteiger partial charge in [0.25, 0.3) is 0 Å². The van der Waals surface area contributed by atoms with Gasteiger partial charge in [0.2, 0.25) is 5.91 Å². The Morgan fingerprint density at radius 1 is 1.40 bits per heavy atom. The van der Waals surface area contributed by atoms with E-state index >= 15 is 0 Å². The molecule has 1 aromatic carbocycles. The largest absolute Gasteiger partial charge is 0.330 e. The molecule has 0 saturated heterocycles. The molecule has 15 heavy (non-hydrogen) atoms. The molecule has 0 unspecified atom stereocenters. The van der Waals surface area contributed by atoms with Gasteiger partial charge in [-0.15, -0.1) is 0 Å². The van der Waals surface area contributed by atoms with Crippen molar-refractivity contribution in [2.75, 3.05) is 11.9 Å². The molecule has 0 heterocycles. The number of amides is 1. The van der Waals surface area contributed by atoms with Gasteiger partial charge >= 0.3 is 0 Å². The highest BCUT2D eigenvalue weighted by atomic mass is 127. The Bertz CT molecular complexity index is 328. The number of carbonyl (C=O) groups excluding carboxylic acids is 1. The molecule has 0 radical (unpaired) electrons. The molecule has 0 bridgehead atoms. The first kappa shape index (κ1) is 12.4. The lowest BCUT2D eigenvalue weighted by Crippen LogP contribution is -2.11. The Morgan fingerprint density at radius 3 is 2.87 bits per heavy atom. The highest BCUT2D eigenvalue weighted by Crippen LogP contribution is 2.12. The lowest BCUT2D eigenvalue weighted by atomic mass is 10.2. The standard InChI is InChI=1S/C11H15IN2O/c12-9-4-3-5-10(8-9)14-11(15)6-1-2-7-13/h3-5,8H,1-2,6-7,13H2,(H,14,15). The second-order valence-electron chi connectivity index (χ2n) is 3.30. The van der Waals surface area contributed by atoms with E-state index in [0.29, 0.717) is 13.0 Å². The van der Waals surface area contributed by atoms with Gasteiger partial charge in [0, 0.05) is 15.7 Å². The summed E-state index contributed by atoms with van der Waals surface area (Å²) in [5.41, 5.74) is 6.22. The van der Waals surface area contributed by atoms with Gasteiger partial charge in [-0.1, -0.05) is 6.07 Å². The van der Waals surface area contributed by atoms with Crippen LogP contribution in [0.25, 0.3) is 0 Å². The van der Waals surface area contributed by atoms with Crippen molar-refractivity contribution in [2.24, 2.45) is 5.73 Å². The summed E-state index contributed by atoms with van der Waals surface area (Å²) in [6.45, 7) is 0.649. The monoisotopic (exact) mass is 318 g/mol. The molecule has 4 heteroatoms. The molecule has 0 spiro atoms. The van der Waals surface area contributed by atoms with E-state index in [0.717, 1.165) is 22.1 Å². The third kappa shape index (κ3) is 5.13. The van der Waals surface area contributed by atoms with E-state index in [9.17, 15) is 4.79 Å². The first-order chi connectivity index (χ1) is 7.22. The van der Waals surface area contributed by atoms with Gasteiger partial charge in [0.15, 0.2) is 0 Å². The Kier molecular flexibility index (Phi) is 5.63. The van der Waals surface area contributed by atoms with Crippen LogP contribution < -0.4 is 11.1 Å². The zero-order valence-corrected chi connectivity index (χ0v) is 10.7. The molecule has 1 aromatic rings. The zero-order chi connectivity index (χ0) is 11.1. The van der Waals surface area contributed by atoms with Crippen LogP contribution in [-0.2, 0) is 4.79 Å². The Morgan fingerprint density at radius 2 is 2.20 bits per heavy atom. The van der Waals surface area contributed by atoms with Gasteiger partial charge in [0.05, 0.1) is 0 Å². The summed E-state index contributed by atoms with van der Waals surface area (Å²) in [5.74, 6) is 0.0606. The van der Waals surface area contributed by atoms with Gasteiger partial charge in [-0.2, -0.15) is 0 Å². The van der Waals surface area contributed by atoms with Crippen molar-refractivity contribution in [1.29, 1.82) is 0 Å². The lowest BCUT2D eigenvalue weighted by Gasteiger charge is -2.04. The zero-order valence-electron chi connectivity index (χ0n) is 8.50. The third-order valence-corrected chi connectivity index (χ3v) is 2.64. The smallest absolute Gasteiger partial charge is 0.224 e. The van der Waals surface area contributed by atoms with Crippen molar-refractivity contribution in [3.05, 3.63) is 27.8 Å². The van der Waals surface area contributed by atoms with E-state index < -0.39 is 0 Å². The minimum absolute atomic E-state index is 0.0606. The van der Waals surface area contributed by atoms with Gasteiger partial charge in [0.1, 0.15) is 0 Å². The van der Waals surface area contributed by atoms with Crippen molar-refractivity contribution in [1.82, 2.24) is 0 Å². The topological polar surface area (TPSA) is 55.1 Å². The number of hydrogen-bond acceptors (Lipinski definition) is 2. The molecule has 3 nitrogen and oxygen atoms in total. The van der Waals surface area contributed by atoms with Gasteiger partial charge < -0.3 is 11.1 Å². The maximum atomic E-state index is 11.4. The Hall–Kier alpha value is -0.620. The number of hydrogen-bond donors (Lipinski definition) is 2. The number of benzene rings is 1. The fourth-order valence-electron chi connectivity index (χ4n) is 1.22. The molecule has 82 valence electrons.